The summed E-state index contributed by atoms with van der Waals surface area (Å²) in [6.07, 6.45) is 0. The van der Waals surface area contributed by atoms with E-state index < -0.39 is 0 Å². The van der Waals surface area contributed by atoms with Crippen LogP contribution in [0.5, 0.6) is 0 Å². The molecule has 0 rings (SSSR count). The Morgan fingerprint density at radius 3 is 2.40 bits per heavy atom. The fourth-order valence-electron chi connectivity index (χ4n) is 0.0833. The Balaban J connectivity index is 2.19. The number of rotatable bonds is 2. The van der Waals surface area contributed by atoms with Gasteiger partial charge in [-0.05, 0) is 5.75 Å². The van der Waals surface area contributed by atoms with Crippen LogP contribution in [0.4, 0.5) is 0 Å². The third kappa shape index (κ3) is 4.70. The highest BCUT2D eigenvalue weighted by molar-refractivity contribution is 8.09. The average molecular weight is 107 g/mol. The van der Waals surface area contributed by atoms with Gasteiger partial charge in [0, 0.05) is 5.08 Å². The van der Waals surface area contributed by atoms with Gasteiger partial charge >= 0.3 is 0 Å². The summed E-state index contributed by atoms with van der Waals surface area (Å²) in [6, 6.07) is 0. The van der Waals surface area contributed by atoms with E-state index in [9.17, 15) is 0 Å². The minimum absolute atomic E-state index is 0.844. The lowest BCUT2D eigenvalue weighted by atomic mass is 11.0. The van der Waals surface area contributed by atoms with Crippen molar-refractivity contribution in [1.29, 1.82) is 0 Å². The molecule has 0 bridgehead atoms. The molecule has 0 fully saturated rings. The number of thioether (sulfide) groups is 1. The zero-order valence-corrected chi connectivity index (χ0v) is 4.86. The van der Waals surface area contributed by atoms with Crippen LogP contribution in [0.3, 0.4) is 0 Å². The summed E-state index contributed by atoms with van der Waals surface area (Å²) < 4.78 is 0. The fourth-order valence-corrected chi connectivity index (χ4v) is 0.750. The van der Waals surface area contributed by atoms with E-state index in [4.69, 9.17) is 0 Å². The van der Waals surface area contributed by atoms with Crippen LogP contribution < -0.4 is 0 Å². The Labute approximate surface area is 42.7 Å². The molecule has 0 heterocycles. The fraction of sp³-hybridized carbons (Fsp3) is 1.00. The lowest BCUT2D eigenvalue weighted by molar-refractivity contribution is 1.53. The molecule has 31 valence electrons. The molecule has 0 spiro atoms. The lowest BCUT2D eigenvalue weighted by Crippen LogP contribution is -1.60. The second kappa shape index (κ2) is 4.70. The molecule has 0 saturated carbocycles. The number of hydrogen-bond acceptors (Lipinski definition) is 1. The first-order valence-electron chi connectivity index (χ1n) is 1.57. The molecule has 2 heteroatoms. The molecule has 0 N–H and O–H groups in total. The van der Waals surface area contributed by atoms with Crippen molar-refractivity contribution in [2.45, 2.75) is 6.92 Å². The van der Waals surface area contributed by atoms with Gasteiger partial charge in [0.1, 0.15) is 0 Å². The maximum absolute atomic E-state index is 4.61. The van der Waals surface area contributed by atoms with Crippen molar-refractivity contribution in [1.82, 2.24) is 0 Å². The minimum Gasteiger partial charge on any atom is -0.150 e. The van der Waals surface area contributed by atoms with Gasteiger partial charge in [-0.1, -0.05) is 19.6 Å². The second-order valence-electron chi connectivity index (χ2n) is 0.611. The molecular formula is C3H7S2. The van der Waals surface area contributed by atoms with E-state index in [0.29, 0.717) is 0 Å². The van der Waals surface area contributed by atoms with E-state index in [2.05, 4.69) is 19.6 Å². The van der Waals surface area contributed by atoms with Gasteiger partial charge in [-0.15, -0.1) is 0 Å². The van der Waals surface area contributed by atoms with Crippen LogP contribution in [0.15, 0.2) is 0 Å². The van der Waals surface area contributed by atoms with Gasteiger partial charge in [0.25, 0.3) is 0 Å². The highest BCUT2D eigenvalue weighted by Crippen LogP contribution is 1.97. The lowest BCUT2D eigenvalue weighted by Gasteiger charge is -1.78. The summed E-state index contributed by atoms with van der Waals surface area (Å²) in [6.45, 7) is 2.11. The zero-order valence-electron chi connectivity index (χ0n) is 3.23. The summed E-state index contributed by atoms with van der Waals surface area (Å²) in [5.74, 6) is 1.16. The molecular weight excluding hydrogens is 100 g/mol. The molecule has 0 saturated heterocycles. The van der Waals surface area contributed by atoms with Gasteiger partial charge in [0.2, 0.25) is 0 Å². The third-order valence-corrected chi connectivity index (χ3v) is 1.36. The van der Waals surface area contributed by atoms with Crippen LogP contribution >= 0.6 is 24.4 Å². The van der Waals surface area contributed by atoms with Crippen molar-refractivity contribution in [2.24, 2.45) is 0 Å². The van der Waals surface area contributed by atoms with Gasteiger partial charge in [-0.3, -0.25) is 0 Å². The zero-order chi connectivity index (χ0) is 4.12. The molecule has 0 aromatic carbocycles. The quantitative estimate of drug-likeness (QED) is 0.519. The van der Waals surface area contributed by atoms with Crippen LogP contribution in [0.1, 0.15) is 6.92 Å². The van der Waals surface area contributed by atoms with Gasteiger partial charge in [-0.25, -0.2) is 0 Å². The first-order valence-corrected chi connectivity index (χ1v) is 3.31. The Morgan fingerprint density at radius 2 is 2.40 bits per heavy atom. The van der Waals surface area contributed by atoms with Gasteiger partial charge in [-0.2, -0.15) is 11.8 Å². The van der Waals surface area contributed by atoms with Crippen LogP contribution in [-0.2, 0) is 0 Å². The molecule has 0 amide bonds. The summed E-state index contributed by atoms with van der Waals surface area (Å²) in [4.78, 5) is 0. The smallest absolute Gasteiger partial charge is 0.0496 e. The molecule has 0 aliphatic heterocycles. The monoisotopic (exact) mass is 107 g/mol. The standard InChI is InChI=1S/C3H7S2/c1-2-5-3-4/h2-3H2,1H3. The molecule has 5 heavy (non-hydrogen) atoms. The molecule has 1 radical (unpaired) electrons. The Bertz CT molecular complexity index is 12.4. The summed E-state index contributed by atoms with van der Waals surface area (Å²) >= 11 is 6.39. The Kier molecular flexibility index (Phi) is 5.36. The molecule has 0 aliphatic rings. The highest BCUT2D eigenvalue weighted by Gasteiger charge is 1.68. The molecule has 0 atom stereocenters. The van der Waals surface area contributed by atoms with Crippen molar-refractivity contribution in [3.05, 3.63) is 0 Å². The van der Waals surface area contributed by atoms with Crippen molar-refractivity contribution in [3.63, 3.8) is 0 Å². The molecule has 0 aromatic heterocycles. The molecule has 0 nitrogen and oxygen atoms in total. The highest BCUT2D eigenvalue weighted by atomic mass is 32.2. The van der Waals surface area contributed by atoms with E-state index in [1.165, 1.54) is 0 Å². The summed E-state index contributed by atoms with van der Waals surface area (Å²) in [7, 11) is 0. The molecule has 0 aromatic rings. The maximum atomic E-state index is 4.61. The Hall–Kier alpha value is 0.700. The van der Waals surface area contributed by atoms with Crippen LogP contribution in [-0.4, -0.2) is 10.8 Å². The van der Waals surface area contributed by atoms with E-state index in [0.717, 1.165) is 10.8 Å². The predicted octanol–water partition coefficient (Wildman–Crippen LogP) is 1.89. The van der Waals surface area contributed by atoms with E-state index >= 15 is 0 Å². The van der Waals surface area contributed by atoms with Crippen molar-refractivity contribution in [3.8, 4) is 0 Å². The molecule has 0 aliphatic carbocycles. The van der Waals surface area contributed by atoms with E-state index in [1.807, 2.05) is 0 Å². The summed E-state index contributed by atoms with van der Waals surface area (Å²) in [5.41, 5.74) is 0. The second-order valence-corrected chi connectivity index (χ2v) is 2.54. The average Bonchev–Trinajstić information content (AvgIpc) is 1.41. The van der Waals surface area contributed by atoms with Crippen molar-refractivity contribution >= 4 is 24.4 Å². The van der Waals surface area contributed by atoms with Gasteiger partial charge < -0.3 is 0 Å². The maximum Gasteiger partial charge on any atom is 0.0496 e. The van der Waals surface area contributed by atoms with Crippen LogP contribution in [0.25, 0.3) is 0 Å². The normalized spacial score (nSPS) is 8.40. The minimum atomic E-state index is 0.844. The largest absolute Gasteiger partial charge is 0.150 e. The first-order chi connectivity index (χ1) is 2.41. The Morgan fingerprint density at radius 1 is 1.80 bits per heavy atom. The van der Waals surface area contributed by atoms with Crippen molar-refractivity contribution < 1.29 is 0 Å². The topological polar surface area (TPSA) is 0 Å². The first kappa shape index (κ1) is 5.70. The van der Waals surface area contributed by atoms with Crippen molar-refractivity contribution in [2.75, 3.05) is 10.8 Å². The van der Waals surface area contributed by atoms with Crippen LogP contribution in [0, 0.1) is 0 Å². The summed E-state index contributed by atoms with van der Waals surface area (Å²) in [5, 5.41) is 0.844. The third-order valence-electron chi connectivity index (χ3n) is 0.287. The predicted molar refractivity (Wildman–Crippen MR) is 30.6 cm³/mol. The van der Waals surface area contributed by atoms with Crippen LogP contribution in [0.2, 0.25) is 0 Å². The SMILES string of the molecule is CCSC[S]. The van der Waals surface area contributed by atoms with E-state index in [-0.39, 0.29) is 0 Å². The molecule has 0 unspecified atom stereocenters. The number of hydrogen-bond donors (Lipinski definition) is 0. The van der Waals surface area contributed by atoms with Gasteiger partial charge in [0.15, 0.2) is 0 Å². The van der Waals surface area contributed by atoms with Gasteiger partial charge in [0.05, 0.1) is 0 Å². The van der Waals surface area contributed by atoms with E-state index in [1.54, 1.807) is 11.8 Å².